The summed E-state index contributed by atoms with van der Waals surface area (Å²) >= 11 is 1.51. The van der Waals surface area contributed by atoms with Crippen LogP contribution in [0.5, 0.6) is 0 Å². The van der Waals surface area contributed by atoms with E-state index in [0.29, 0.717) is 25.4 Å². The highest BCUT2D eigenvalue weighted by Crippen LogP contribution is 2.34. The van der Waals surface area contributed by atoms with Crippen LogP contribution < -0.4 is 0 Å². The molecule has 1 rings (SSSR count). The van der Waals surface area contributed by atoms with E-state index in [1.54, 1.807) is 6.92 Å². The Hall–Kier alpha value is -0.710. The molecule has 4 nitrogen and oxygen atoms in total. The van der Waals surface area contributed by atoms with Crippen molar-refractivity contribution in [3.8, 4) is 0 Å². The zero-order chi connectivity index (χ0) is 12.2. The van der Waals surface area contributed by atoms with Gasteiger partial charge in [-0.2, -0.15) is 0 Å². The van der Waals surface area contributed by atoms with Crippen molar-refractivity contribution in [2.75, 3.05) is 12.9 Å². The second-order valence-electron chi connectivity index (χ2n) is 4.27. The van der Waals surface area contributed by atoms with Crippen molar-refractivity contribution < 1.29 is 14.4 Å². The zero-order valence-corrected chi connectivity index (χ0v) is 11.1. The van der Waals surface area contributed by atoms with Crippen LogP contribution >= 0.6 is 11.8 Å². The van der Waals surface area contributed by atoms with Crippen molar-refractivity contribution in [2.45, 2.75) is 39.2 Å². The molecule has 5 heteroatoms. The highest BCUT2D eigenvalue weighted by molar-refractivity contribution is 8.13. The van der Waals surface area contributed by atoms with Crippen LogP contribution in [0.25, 0.3) is 0 Å². The number of thioether (sulfide) groups is 1. The first-order valence-corrected chi connectivity index (χ1v) is 6.73. The zero-order valence-electron chi connectivity index (χ0n) is 10.3. The summed E-state index contributed by atoms with van der Waals surface area (Å²) < 4.78 is 5.08. The van der Waals surface area contributed by atoms with Crippen molar-refractivity contribution in [1.29, 1.82) is 0 Å². The fourth-order valence-electron chi connectivity index (χ4n) is 1.78. The molecule has 1 heterocycles. The number of carbonyl (C=O) groups excluding carboxylic acids is 1. The van der Waals surface area contributed by atoms with Crippen molar-refractivity contribution >= 4 is 22.8 Å². The average Bonchev–Trinajstić information content (AvgIpc) is 2.62. The molecule has 1 atom stereocenters. The van der Waals surface area contributed by atoms with E-state index in [0.717, 1.165) is 5.04 Å². The Labute approximate surface area is 101 Å². The maximum absolute atomic E-state index is 11.9. The Kier molecular flexibility index (Phi) is 4.65. The van der Waals surface area contributed by atoms with Gasteiger partial charge in [0.15, 0.2) is 0 Å². The predicted octanol–water partition coefficient (Wildman–Crippen LogP) is 2.43. The van der Waals surface area contributed by atoms with Gasteiger partial charge >= 0.3 is 5.97 Å². The van der Waals surface area contributed by atoms with Crippen LogP contribution in [0.4, 0.5) is 0 Å². The molecule has 0 saturated carbocycles. The molecule has 0 saturated heterocycles. The number of ether oxygens (including phenoxy) is 1. The fourth-order valence-corrected chi connectivity index (χ4v) is 2.27. The van der Waals surface area contributed by atoms with Crippen LogP contribution in [-0.4, -0.2) is 29.5 Å². The predicted molar refractivity (Wildman–Crippen MR) is 65.5 cm³/mol. The standard InChI is InChI=1S/C11H19NO3S/c1-5-14-10(13)11(6-8(2)3)7-9(16-4)12-15-11/h8H,5-7H2,1-4H3. The first-order chi connectivity index (χ1) is 7.54. The van der Waals surface area contributed by atoms with E-state index in [1.807, 2.05) is 6.26 Å². The van der Waals surface area contributed by atoms with E-state index >= 15 is 0 Å². The minimum atomic E-state index is -0.886. The molecule has 0 amide bonds. The van der Waals surface area contributed by atoms with Gasteiger partial charge in [0, 0.05) is 6.42 Å². The van der Waals surface area contributed by atoms with Crippen LogP contribution in [0.3, 0.4) is 0 Å². The lowest BCUT2D eigenvalue weighted by atomic mass is 9.90. The minimum absolute atomic E-state index is 0.295. The molecule has 16 heavy (non-hydrogen) atoms. The first-order valence-electron chi connectivity index (χ1n) is 5.50. The van der Waals surface area contributed by atoms with Gasteiger partial charge in [0.05, 0.1) is 13.0 Å². The van der Waals surface area contributed by atoms with Crippen LogP contribution in [-0.2, 0) is 14.4 Å². The summed E-state index contributed by atoms with van der Waals surface area (Å²) in [6, 6.07) is 0. The summed E-state index contributed by atoms with van der Waals surface area (Å²) in [7, 11) is 0. The summed E-state index contributed by atoms with van der Waals surface area (Å²) in [5.74, 6) is 0.0670. The summed E-state index contributed by atoms with van der Waals surface area (Å²) in [6.07, 6.45) is 3.10. The molecule has 1 unspecified atom stereocenters. The molecule has 0 N–H and O–H groups in total. The Morgan fingerprint density at radius 1 is 1.69 bits per heavy atom. The molecule has 0 spiro atoms. The Morgan fingerprint density at radius 2 is 2.38 bits per heavy atom. The SMILES string of the molecule is CCOC(=O)C1(CC(C)C)CC(SC)=NO1. The lowest BCUT2D eigenvalue weighted by Crippen LogP contribution is -2.41. The molecule has 0 fully saturated rings. The van der Waals surface area contributed by atoms with Crippen LogP contribution in [0.15, 0.2) is 5.16 Å². The Morgan fingerprint density at radius 3 is 2.81 bits per heavy atom. The Bertz CT molecular complexity index is 291. The van der Waals surface area contributed by atoms with Gasteiger partial charge in [-0.1, -0.05) is 19.0 Å². The molecule has 0 radical (unpaired) electrons. The molecule has 0 aromatic carbocycles. The first kappa shape index (κ1) is 13.4. The molecule has 1 aliphatic heterocycles. The molecule has 0 aliphatic carbocycles. The molecule has 0 aromatic rings. The van der Waals surface area contributed by atoms with Crippen molar-refractivity contribution in [3.63, 3.8) is 0 Å². The third kappa shape index (κ3) is 2.90. The summed E-state index contributed by atoms with van der Waals surface area (Å²) in [5, 5.41) is 4.80. The maximum Gasteiger partial charge on any atom is 0.353 e. The molecule has 0 bridgehead atoms. The van der Waals surface area contributed by atoms with Crippen molar-refractivity contribution in [2.24, 2.45) is 11.1 Å². The molecule has 92 valence electrons. The van der Waals surface area contributed by atoms with E-state index in [-0.39, 0.29) is 5.97 Å². The highest BCUT2D eigenvalue weighted by Gasteiger charge is 2.48. The summed E-state index contributed by atoms with van der Waals surface area (Å²) in [4.78, 5) is 17.3. The quantitative estimate of drug-likeness (QED) is 0.714. The van der Waals surface area contributed by atoms with Gasteiger partial charge in [-0.15, -0.1) is 11.8 Å². The van der Waals surface area contributed by atoms with Crippen LogP contribution in [0, 0.1) is 5.92 Å². The van der Waals surface area contributed by atoms with Gasteiger partial charge in [0.2, 0.25) is 5.60 Å². The van der Waals surface area contributed by atoms with E-state index in [4.69, 9.17) is 9.57 Å². The summed E-state index contributed by atoms with van der Waals surface area (Å²) in [6.45, 7) is 6.28. The highest BCUT2D eigenvalue weighted by atomic mass is 32.2. The fraction of sp³-hybridized carbons (Fsp3) is 0.818. The van der Waals surface area contributed by atoms with Gasteiger partial charge in [-0.3, -0.25) is 0 Å². The monoisotopic (exact) mass is 245 g/mol. The molecular formula is C11H19NO3S. The van der Waals surface area contributed by atoms with Gasteiger partial charge in [-0.25, -0.2) is 4.79 Å². The van der Waals surface area contributed by atoms with E-state index in [9.17, 15) is 4.79 Å². The number of esters is 1. The number of hydrogen-bond acceptors (Lipinski definition) is 5. The van der Waals surface area contributed by atoms with Crippen LogP contribution in [0.2, 0.25) is 0 Å². The van der Waals surface area contributed by atoms with Crippen molar-refractivity contribution in [3.05, 3.63) is 0 Å². The summed E-state index contributed by atoms with van der Waals surface area (Å²) in [5.41, 5.74) is -0.886. The number of carbonyl (C=O) groups is 1. The molecule has 0 aromatic heterocycles. The van der Waals surface area contributed by atoms with Gasteiger partial charge < -0.3 is 9.57 Å². The van der Waals surface area contributed by atoms with Gasteiger partial charge in [0.1, 0.15) is 5.04 Å². The third-order valence-electron chi connectivity index (χ3n) is 2.38. The second kappa shape index (κ2) is 5.57. The number of nitrogens with zero attached hydrogens (tertiary/aromatic N) is 1. The Balaban J connectivity index is 2.76. The topological polar surface area (TPSA) is 47.9 Å². The lowest BCUT2D eigenvalue weighted by molar-refractivity contribution is -0.171. The third-order valence-corrected chi connectivity index (χ3v) is 3.07. The van der Waals surface area contributed by atoms with Gasteiger partial charge in [0.25, 0.3) is 0 Å². The minimum Gasteiger partial charge on any atom is -0.463 e. The molecule has 1 aliphatic rings. The lowest BCUT2D eigenvalue weighted by Gasteiger charge is -2.25. The second-order valence-corrected chi connectivity index (χ2v) is 5.15. The smallest absolute Gasteiger partial charge is 0.353 e. The van der Waals surface area contributed by atoms with E-state index in [1.165, 1.54) is 11.8 Å². The van der Waals surface area contributed by atoms with Crippen molar-refractivity contribution in [1.82, 2.24) is 0 Å². The normalized spacial score (nSPS) is 24.2. The number of oxime groups is 1. The number of hydrogen-bond donors (Lipinski definition) is 0. The number of rotatable bonds is 4. The van der Waals surface area contributed by atoms with E-state index in [2.05, 4.69) is 19.0 Å². The molecular weight excluding hydrogens is 226 g/mol. The maximum atomic E-state index is 11.9. The largest absolute Gasteiger partial charge is 0.463 e. The average molecular weight is 245 g/mol. The van der Waals surface area contributed by atoms with Crippen LogP contribution in [0.1, 0.15) is 33.6 Å². The van der Waals surface area contributed by atoms with E-state index < -0.39 is 5.60 Å². The van der Waals surface area contributed by atoms with Gasteiger partial charge in [-0.05, 0) is 19.1 Å².